The van der Waals surface area contributed by atoms with Crippen molar-refractivity contribution in [2.24, 2.45) is 5.73 Å². The standard InChI is InChI=1S/C19H18N4O5S/c1-9-14(19(26)28-3)18(29-15(9)16(20)24)21-17(25)13-8-12(22-23-13)10-5-4-6-11(7-10)27-2/h4-8H,1-3H3,(H2,20,24)(H,21,25)(H,22,23). The molecule has 0 unspecified atom stereocenters. The van der Waals surface area contributed by atoms with Gasteiger partial charge >= 0.3 is 5.97 Å². The Balaban J connectivity index is 1.89. The van der Waals surface area contributed by atoms with Crippen molar-refractivity contribution >= 4 is 34.1 Å². The number of esters is 1. The number of amides is 2. The average molecular weight is 414 g/mol. The summed E-state index contributed by atoms with van der Waals surface area (Å²) in [7, 11) is 2.77. The van der Waals surface area contributed by atoms with Gasteiger partial charge < -0.3 is 20.5 Å². The summed E-state index contributed by atoms with van der Waals surface area (Å²) < 4.78 is 9.95. The number of nitrogens with two attached hydrogens (primary N) is 1. The van der Waals surface area contributed by atoms with Crippen LogP contribution < -0.4 is 15.8 Å². The number of benzene rings is 1. The lowest BCUT2D eigenvalue weighted by atomic mass is 10.1. The number of aromatic amines is 1. The molecule has 0 saturated heterocycles. The molecule has 0 aliphatic carbocycles. The van der Waals surface area contributed by atoms with Crippen LogP contribution in [0.3, 0.4) is 0 Å². The number of ether oxygens (including phenoxy) is 2. The van der Waals surface area contributed by atoms with E-state index in [1.54, 1.807) is 32.2 Å². The van der Waals surface area contributed by atoms with Crippen LogP contribution in [0.25, 0.3) is 11.3 Å². The van der Waals surface area contributed by atoms with Gasteiger partial charge in [-0.1, -0.05) is 12.1 Å². The number of nitrogens with one attached hydrogen (secondary N) is 2. The molecule has 0 bridgehead atoms. The van der Waals surface area contributed by atoms with E-state index in [0.717, 1.165) is 16.9 Å². The van der Waals surface area contributed by atoms with Crippen molar-refractivity contribution in [2.45, 2.75) is 6.92 Å². The van der Waals surface area contributed by atoms with Crippen LogP contribution in [0.4, 0.5) is 5.00 Å². The molecule has 0 aliphatic rings. The molecular formula is C19H18N4O5S. The summed E-state index contributed by atoms with van der Waals surface area (Å²) in [6.07, 6.45) is 0. The molecule has 0 saturated carbocycles. The van der Waals surface area contributed by atoms with E-state index < -0.39 is 17.8 Å². The van der Waals surface area contributed by atoms with E-state index >= 15 is 0 Å². The third-order valence-electron chi connectivity index (χ3n) is 4.18. The van der Waals surface area contributed by atoms with Crippen LogP contribution in [0.5, 0.6) is 5.75 Å². The Hall–Kier alpha value is -3.66. The van der Waals surface area contributed by atoms with Crippen LogP contribution in [0.15, 0.2) is 30.3 Å². The molecule has 9 nitrogen and oxygen atoms in total. The van der Waals surface area contributed by atoms with Gasteiger partial charge in [0, 0.05) is 5.56 Å². The molecule has 2 heterocycles. The van der Waals surface area contributed by atoms with E-state index in [1.807, 2.05) is 12.1 Å². The number of aromatic nitrogens is 2. The second-order valence-corrected chi connectivity index (χ2v) is 6.99. The molecule has 0 radical (unpaired) electrons. The smallest absolute Gasteiger partial charge is 0.341 e. The van der Waals surface area contributed by atoms with E-state index in [1.165, 1.54) is 7.11 Å². The summed E-state index contributed by atoms with van der Waals surface area (Å²) in [5.74, 6) is -1.25. The quantitative estimate of drug-likeness (QED) is 0.530. The number of primary amides is 1. The minimum absolute atomic E-state index is 0.0900. The number of nitrogens with zero attached hydrogens (tertiary/aromatic N) is 1. The molecule has 0 fully saturated rings. The zero-order valence-corrected chi connectivity index (χ0v) is 16.7. The molecule has 3 aromatic rings. The Kier molecular flexibility index (Phi) is 5.64. The van der Waals surface area contributed by atoms with Crippen molar-refractivity contribution in [1.29, 1.82) is 0 Å². The largest absolute Gasteiger partial charge is 0.497 e. The van der Waals surface area contributed by atoms with Gasteiger partial charge in [-0.15, -0.1) is 11.3 Å². The van der Waals surface area contributed by atoms with Gasteiger partial charge in [0.05, 0.1) is 30.4 Å². The van der Waals surface area contributed by atoms with Crippen molar-refractivity contribution in [3.05, 3.63) is 52.0 Å². The maximum Gasteiger partial charge on any atom is 0.341 e. The van der Waals surface area contributed by atoms with Gasteiger partial charge in [-0.2, -0.15) is 5.10 Å². The highest BCUT2D eigenvalue weighted by Gasteiger charge is 2.26. The molecule has 3 rings (SSSR count). The Bertz CT molecular complexity index is 1100. The fraction of sp³-hybridized carbons (Fsp3) is 0.158. The molecule has 0 spiro atoms. The first kappa shape index (κ1) is 20.1. The molecule has 150 valence electrons. The number of rotatable bonds is 6. The van der Waals surface area contributed by atoms with Crippen LogP contribution in [-0.4, -0.2) is 42.2 Å². The van der Waals surface area contributed by atoms with Crippen LogP contribution in [0, 0.1) is 6.92 Å². The van der Waals surface area contributed by atoms with Crippen LogP contribution in [0.1, 0.15) is 36.1 Å². The number of hydrogen-bond donors (Lipinski definition) is 3. The van der Waals surface area contributed by atoms with E-state index in [-0.39, 0.29) is 21.1 Å². The first-order valence-electron chi connectivity index (χ1n) is 8.38. The van der Waals surface area contributed by atoms with E-state index in [9.17, 15) is 14.4 Å². The lowest BCUT2D eigenvalue weighted by Gasteiger charge is -2.04. The van der Waals surface area contributed by atoms with Crippen molar-refractivity contribution in [1.82, 2.24) is 10.2 Å². The number of H-pyrrole nitrogens is 1. The van der Waals surface area contributed by atoms with E-state index in [2.05, 4.69) is 15.5 Å². The van der Waals surface area contributed by atoms with Gasteiger partial charge in [-0.05, 0) is 30.7 Å². The summed E-state index contributed by atoms with van der Waals surface area (Å²) >= 11 is 0.911. The van der Waals surface area contributed by atoms with Gasteiger partial charge in [0.1, 0.15) is 16.4 Å². The summed E-state index contributed by atoms with van der Waals surface area (Å²) in [5, 5.41) is 9.60. The summed E-state index contributed by atoms with van der Waals surface area (Å²) in [6.45, 7) is 1.57. The topological polar surface area (TPSA) is 136 Å². The Morgan fingerprint density at radius 1 is 1.21 bits per heavy atom. The second-order valence-electron chi connectivity index (χ2n) is 5.97. The monoisotopic (exact) mass is 414 g/mol. The van der Waals surface area contributed by atoms with Crippen molar-refractivity contribution < 1.29 is 23.9 Å². The Labute approximate surface area is 169 Å². The molecule has 29 heavy (non-hydrogen) atoms. The Morgan fingerprint density at radius 2 is 1.97 bits per heavy atom. The summed E-state index contributed by atoms with van der Waals surface area (Å²) in [5.41, 5.74) is 7.27. The molecule has 10 heteroatoms. The van der Waals surface area contributed by atoms with Gasteiger partial charge in [-0.25, -0.2) is 4.79 Å². The fourth-order valence-electron chi connectivity index (χ4n) is 2.72. The van der Waals surface area contributed by atoms with Crippen LogP contribution in [-0.2, 0) is 4.74 Å². The third-order valence-corrected chi connectivity index (χ3v) is 5.40. The van der Waals surface area contributed by atoms with Crippen molar-refractivity contribution in [3.8, 4) is 17.0 Å². The molecule has 2 aromatic heterocycles. The van der Waals surface area contributed by atoms with Crippen LogP contribution >= 0.6 is 11.3 Å². The minimum atomic E-state index is -0.694. The predicted octanol–water partition coefficient (Wildman–Crippen LogP) is 2.59. The molecular weight excluding hydrogens is 396 g/mol. The van der Waals surface area contributed by atoms with Gasteiger partial charge in [0.25, 0.3) is 11.8 Å². The van der Waals surface area contributed by atoms with E-state index in [4.69, 9.17) is 15.2 Å². The zero-order chi connectivity index (χ0) is 21.1. The fourth-order valence-corrected chi connectivity index (χ4v) is 3.77. The average Bonchev–Trinajstić information content (AvgIpc) is 3.33. The highest BCUT2D eigenvalue weighted by molar-refractivity contribution is 7.18. The van der Waals surface area contributed by atoms with Gasteiger partial charge in [-0.3, -0.25) is 14.7 Å². The number of carbonyl (C=O) groups is 3. The molecule has 4 N–H and O–H groups in total. The summed E-state index contributed by atoms with van der Waals surface area (Å²) in [4.78, 5) is 36.6. The number of carbonyl (C=O) groups excluding carboxylic acids is 3. The lowest BCUT2D eigenvalue weighted by Crippen LogP contribution is -2.14. The van der Waals surface area contributed by atoms with Crippen LogP contribution in [0.2, 0.25) is 0 Å². The van der Waals surface area contributed by atoms with Gasteiger partial charge in [0.15, 0.2) is 0 Å². The Morgan fingerprint density at radius 3 is 2.62 bits per heavy atom. The van der Waals surface area contributed by atoms with Crippen molar-refractivity contribution in [3.63, 3.8) is 0 Å². The van der Waals surface area contributed by atoms with E-state index in [0.29, 0.717) is 17.0 Å². The highest BCUT2D eigenvalue weighted by atomic mass is 32.1. The number of anilines is 1. The number of hydrogen-bond acceptors (Lipinski definition) is 7. The SMILES string of the molecule is COC(=O)c1c(NC(=O)c2cc(-c3cccc(OC)c3)n[nH]2)sc(C(N)=O)c1C. The number of thiophene rings is 1. The maximum absolute atomic E-state index is 12.7. The number of methoxy groups -OCH3 is 2. The van der Waals surface area contributed by atoms with Crippen molar-refractivity contribution in [2.75, 3.05) is 19.5 Å². The first-order chi connectivity index (χ1) is 13.8. The zero-order valence-electron chi connectivity index (χ0n) is 15.9. The highest BCUT2D eigenvalue weighted by Crippen LogP contribution is 2.34. The first-order valence-corrected chi connectivity index (χ1v) is 9.20. The predicted molar refractivity (Wildman–Crippen MR) is 107 cm³/mol. The van der Waals surface area contributed by atoms with Gasteiger partial charge in [0.2, 0.25) is 0 Å². The summed E-state index contributed by atoms with van der Waals surface area (Å²) in [6, 6.07) is 8.79. The second kappa shape index (κ2) is 8.15. The molecule has 0 aliphatic heterocycles. The third kappa shape index (κ3) is 3.97. The molecule has 2 amide bonds. The maximum atomic E-state index is 12.7. The normalized spacial score (nSPS) is 10.4. The minimum Gasteiger partial charge on any atom is -0.497 e. The molecule has 0 atom stereocenters. The molecule has 1 aromatic carbocycles. The lowest BCUT2D eigenvalue weighted by molar-refractivity contribution is 0.0601.